The first-order valence-corrected chi connectivity index (χ1v) is 9.56. The van der Waals surface area contributed by atoms with E-state index < -0.39 is 0 Å². The Hall–Kier alpha value is -4.07. The van der Waals surface area contributed by atoms with Gasteiger partial charge in [-0.2, -0.15) is 5.10 Å². The second-order valence-corrected chi connectivity index (χ2v) is 7.34. The maximum Gasteiger partial charge on any atom is 0.257 e. The molecule has 0 atom stereocenters. The predicted molar refractivity (Wildman–Crippen MR) is 116 cm³/mol. The minimum atomic E-state index is -0.341. The van der Waals surface area contributed by atoms with Crippen molar-refractivity contribution in [1.82, 2.24) is 19.7 Å². The minimum Gasteiger partial charge on any atom is -0.345 e. The maximum atomic E-state index is 13.2. The molecule has 0 aliphatic rings. The van der Waals surface area contributed by atoms with Crippen molar-refractivity contribution in [3.63, 3.8) is 0 Å². The number of rotatable bonds is 4. The number of amides is 2. The molecule has 0 spiro atoms. The molecule has 8 heteroatoms. The zero-order chi connectivity index (χ0) is 22.1. The van der Waals surface area contributed by atoms with Crippen molar-refractivity contribution in [3.8, 4) is 5.69 Å². The highest BCUT2D eigenvalue weighted by Gasteiger charge is 2.17. The Balaban J connectivity index is 1.64. The van der Waals surface area contributed by atoms with Gasteiger partial charge >= 0.3 is 0 Å². The van der Waals surface area contributed by atoms with Crippen LogP contribution in [0.4, 0.5) is 10.1 Å². The highest BCUT2D eigenvalue weighted by atomic mass is 19.1. The summed E-state index contributed by atoms with van der Waals surface area (Å²) in [4.78, 5) is 30.8. The third-order valence-corrected chi connectivity index (χ3v) is 4.94. The lowest BCUT2D eigenvalue weighted by atomic mass is 10.1. The topological polar surface area (TPSA) is 80.1 Å². The monoisotopic (exact) mass is 417 g/mol. The van der Waals surface area contributed by atoms with E-state index in [1.807, 2.05) is 6.92 Å². The van der Waals surface area contributed by atoms with Crippen LogP contribution in [0.3, 0.4) is 0 Å². The van der Waals surface area contributed by atoms with Crippen molar-refractivity contribution in [3.05, 3.63) is 83.6 Å². The van der Waals surface area contributed by atoms with Gasteiger partial charge in [-0.25, -0.2) is 9.07 Å². The molecule has 1 N–H and O–H groups in total. The molecule has 2 aromatic heterocycles. The van der Waals surface area contributed by atoms with Crippen LogP contribution in [0.5, 0.6) is 0 Å². The van der Waals surface area contributed by atoms with E-state index in [4.69, 9.17) is 0 Å². The quantitative estimate of drug-likeness (QED) is 0.547. The molecule has 2 amide bonds. The second kappa shape index (κ2) is 7.98. The van der Waals surface area contributed by atoms with Gasteiger partial charge < -0.3 is 10.2 Å². The first-order chi connectivity index (χ1) is 14.8. The van der Waals surface area contributed by atoms with Gasteiger partial charge in [0, 0.05) is 36.9 Å². The summed E-state index contributed by atoms with van der Waals surface area (Å²) in [5.74, 6) is -0.790. The standard InChI is InChI=1S/C23H20FN5O2/c1-14-10-15(23(31)28(2)3)4-9-20(14)27-22(30)19-11-25-13-21-18(19)12-26-29(21)17-7-5-16(24)6-8-17/h4-13H,1-3H3,(H,27,30). The average Bonchev–Trinajstić information content (AvgIpc) is 3.19. The van der Waals surface area contributed by atoms with E-state index in [1.54, 1.807) is 61.5 Å². The van der Waals surface area contributed by atoms with Crippen molar-refractivity contribution < 1.29 is 14.0 Å². The molecule has 4 aromatic rings. The summed E-state index contributed by atoms with van der Waals surface area (Å²) in [6.45, 7) is 1.83. The fraction of sp³-hybridized carbons (Fsp3) is 0.130. The summed E-state index contributed by atoms with van der Waals surface area (Å²) in [6, 6.07) is 11.0. The molecular weight excluding hydrogens is 397 g/mol. The number of hydrogen-bond acceptors (Lipinski definition) is 4. The number of carbonyl (C=O) groups excluding carboxylic acids is 2. The maximum absolute atomic E-state index is 13.2. The van der Waals surface area contributed by atoms with Crippen molar-refractivity contribution in [2.75, 3.05) is 19.4 Å². The van der Waals surface area contributed by atoms with Crippen LogP contribution in [-0.2, 0) is 0 Å². The molecule has 0 fully saturated rings. The van der Waals surface area contributed by atoms with Crippen LogP contribution >= 0.6 is 0 Å². The molecule has 2 heterocycles. The van der Waals surface area contributed by atoms with Crippen LogP contribution < -0.4 is 5.32 Å². The largest absolute Gasteiger partial charge is 0.345 e. The Morgan fingerprint density at radius 1 is 1.03 bits per heavy atom. The molecule has 0 saturated heterocycles. The number of aromatic nitrogens is 3. The number of pyridine rings is 1. The van der Waals surface area contributed by atoms with E-state index in [9.17, 15) is 14.0 Å². The third-order valence-electron chi connectivity index (χ3n) is 4.94. The molecule has 0 unspecified atom stereocenters. The summed E-state index contributed by atoms with van der Waals surface area (Å²) in [7, 11) is 3.38. The normalized spacial score (nSPS) is 10.8. The number of nitrogens with one attached hydrogen (secondary N) is 1. The van der Waals surface area contributed by atoms with Crippen molar-refractivity contribution in [2.24, 2.45) is 0 Å². The molecule has 0 aliphatic heterocycles. The number of nitrogens with zero attached hydrogens (tertiary/aromatic N) is 4. The number of aryl methyl sites for hydroxylation is 1. The molecular formula is C23H20FN5O2. The fourth-order valence-electron chi connectivity index (χ4n) is 3.30. The summed E-state index contributed by atoms with van der Waals surface area (Å²) < 4.78 is 14.8. The van der Waals surface area contributed by atoms with Gasteiger partial charge in [-0.3, -0.25) is 14.6 Å². The first-order valence-electron chi connectivity index (χ1n) is 9.56. The molecule has 31 heavy (non-hydrogen) atoms. The third kappa shape index (κ3) is 3.87. The van der Waals surface area contributed by atoms with Gasteiger partial charge in [0.25, 0.3) is 11.8 Å². The zero-order valence-electron chi connectivity index (χ0n) is 17.3. The molecule has 0 radical (unpaired) electrons. The van der Waals surface area contributed by atoms with Gasteiger partial charge in [-0.1, -0.05) is 0 Å². The van der Waals surface area contributed by atoms with Gasteiger partial charge in [0.1, 0.15) is 5.82 Å². The fourth-order valence-corrected chi connectivity index (χ4v) is 3.30. The van der Waals surface area contributed by atoms with Crippen molar-refractivity contribution in [1.29, 1.82) is 0 Å². The van der Waals surface area contributed by atoms with Crippen LogP contribution in [0.25, 0.3) is 16.6 Å². The van der Waals surface area contributed by atoms with Crippen molar-refractivity contribution >= 4 is 28.4 Å². The molecule has 0 saturated carbocycles. The number of halogens is 1. The van der Waals surface area contributed by atoms with Gasteiger partial charge in [-0.05, 0) is 55.0 Å². The predicted octanol–water partition coefficient (Wildman–Crippen LogP) is 3.82. The summed E-state index contributed by atoms with van der Waals surface area (Å²) in [6.07, 6.45) is 4.67. The van der Waals surface area contributed by atoms with Gasteiger partial charge in [0.2, 0.25) is 0 Å². The van der Waals surface area contributed by atoms with E-state index >= 15 is 0 Å². The lowest BCUT2D eigenvalue weighted by Gasteiger charge is -2.13. The SMILES string of the molecule is Cc1cc(C(=O)N(C)C)ccc1NC(=O)c1cncc2c1cnn2-c1ccc(F)cc1. The van der Waals surface area contributed by atoms with Crippen LogP contribution in [0.1, 0.15) is 26.3 Å². The molecule has 0 aliphatic carbocycles. The molecule has 2 aromatic carbocycles. The van der Waals surface area contributed by atoms with E-state index in [0.717, 1.165) is 5.56 Å². The Kier molecular flexibility index (Phi) is 5.21. The highest BCUT2D eigenvalue weighted by Crippen LogP contribution is 2.23. The average molecular weight is 417 g/mol. The van der Waals surface area contributed by atoms with Crippen molar-refractivity contribution in [2.45, 2.75) is 6.92 Å². The van der Waals surface area contributed by atoms with Gasteiger partial charge in [0.15, 0.2) is 0 Å². The number of hydrogen-bond donors (Lipinski definition) is 1. The van der Waals surface area contributed by atoms with Crippen LogP contribution in [-0.4, -0.2) is 45.6 Å². The molecule has 7 nitrogen and oxygen atoms in total. The van der Waals surface area contributed by atoms with E-state index in [0.29, 0.717) is 33.4 Å². The van der Waals surface area contributed by atoms with E-state index in [2.05, 4.69) is 15.4 Å². The second-order valence-electron chi connectivity index (χ2n) is 7.34. The number of benzene rings is 2. The summed E-state index contributed by atoms with van der Waals surface area (Å²) in [5, 5.41) is 7.84. The molecule has 0 bridgehead atoms. The number of carbonyl (C=O) groups is 2. The Labute approximate surface area is 178 Å². The summed E-state index contributed by atoms with van der Waals surface area (Å²) >= 11 is 0. The Bertz CT molecular complexity index is 1300. The molecule has 156 valence electrons. The summed E-state index contributed by atoms with van der Waals surface area (Å²) in [5.41, 5.74) is 3.56. The van der Waals surface area contributed by atoms with Crippen LogP contribution in [0, 0.1) is 12.7 Å². The zero-order valence-corrected chi connectivity index (χ0v) is 17.3. The Morgan fingerprint density at radius 2 is 1.77 bits per heavy atom. The lowest BCUT2D eigenvalue weighted by molar-refractivity contribution is 0.0827. The van der Waals surface area contributed by atoms with Gasteiger partial charge in [-0.15, -0.1) is 0 Å². The first kappa shape index (κ1) is 20.2. The van der Waals surface area contributed by atoms with Crippen LogP contribution in [0.2, 0.25) is 0 Å². The van der Waals surface area contributed by atoms with E-state index in [1.165, 1.54) is 23.2 Å². The smallest absolute Gasteiger partial charge is 0.257 e. The van der Waals surface area contributed by atoms with Gasteiger partial charge in [0.05, 0.1) is 29.2 Å². The highest BCUT2D eigenvalue weighted by molar-refractivity contribution is 6.12. The number of fused-ring (bicyclic) bond motifs is 1. The Morgan fingerprint density at radius 3 is 2.45 bits per heavy atom. The van der Waals surface area contributed by atoms with E-state index in [-0.39, 0.29) is 17.6 Å². The molecule has 4 rings (SSSR count). The lowest BCUT2D eigenvalue weighted by Crippen LogP contribution is -2.22. The minimum absolute atomic E-state index is 0.108. The van der Waals surface area contributed by atoms with Crippen LogP contribution in [0.15, 0.2) is 61.1 Å². The number of anilines is 1.